The Labute approximate surface area is 95.9 Å². The first-order chi connectivity index (χ1) is 7.26. The zero-order valence-electron chi connectivity index (χ0n) is 9.75. The Morgan fingerprint density at radius 3 is 3.07 bits per heavy atom. The van der Waals surface area contributed by atoms with E-state index in [1.54, 1.807) is 18.4 Å². The van der Waals surface area contributed by atoms with Gasteiger partial charge in [0, 0.05) is 38.0 Å². The van der Waals surface area contributed by atoms with Crippen LogP contribution in [0.1, 0.15) is 24.0 Å². The van der Waals surface area contributed by atoms with Crippen molar-refractivity contribution >= 4 is 11.3 Å². The molecule has 0 fully saturated rings. The number of nitrogens with zero attached hydrogens (tertiary/aromatic N) is 1. The summed E-state index contributed by atoms with van der Waals surface area (Å²) < 4.78 is 5.02. The van der Waals surface area contributed by atoms with Gasteiger partial charge in [0.15, 0.2) is 0 Å². The lowest BCUT2D eigenvalue weighted by atomic mass is 10.2. The highest BCUT2D eigenvalue weighted by atomic mass is 32.1. The van der Waals surface area contributed by atoms with Crippen LogP contribution in [0.15, 0.2) is 5.38 Å². The Morgan fingerprint density at radius 2 is 2.40 bits per heavy atom. The first-order valence-electron chi connectivity index (χ1n) is 5.35. The van der Waals surface area contributed by atoms with Crippen LogP contribution in [-0.4, -0.2) is 31.8 Å². The van der Waals surface area contributed by atoms with E-state index in [1.807, 2.05) is 7.05 Å². The number of aryl methyl sites for hydroxylation is 1. The summed E-state index contributed by atoms with van der Waals surface area (Å²) in [6, 6.07) is 0.499. The van der Waals surface area contributed by atoms with Crippen molar-refractivity contribution < 1.29 is 4.74 Å². The molecule has 1 aromatic heterocycles. The van der Waals surface area contributed by atoms with E-state index < -0.39 is 0 Å². The molecule has 0 aliphatic rings. The minimum absolute atomic E-state index is 0.499. The van der Waals surface area contributed by atoms with Gasteiger partial charge in [-0.15, -0.1) is 11.3 Å². The largest absolute Gasteiger partial charge is 0.385 e. The van der Waals surface area contributed by atoms with Crippen LogP contribution in [-0.2, 0) is 17.6 Å². The third-order valence-corrected chi connectivity index (χ3v) is 3.30. The molecule has 0 amide bonds. The normalized spacial score (nSPS) is 13.0. The van der Waals surface area contributed by atoms with E-state index in [1.165, 1.54) is 10.7 Å². The van der Waals surface area contributed by atoms with E-state index in [0.29, 0.717) is 6.04 Å². The Morgan fingerprint density at radius 1 is 1.60 bits per heavy atom. The second-order valence-electron chi connectivity index (χ2n) is 3.72. The molecule has 1 aromatic rings. The monoisotopic (exact) mass is 228 g/mol. The Kier molecular flexibility index (Phi) is 5.83. The molecular weight excluding hydrogens is 208 g/mol. The maximum absolute atomic E-state index is 5.02. The highest BCUT2D eigenvalue weighted by Gasteiger charge is 2.05. The summed E-state index contributed by atoms with van der Waals surface area (Å²) in [7, 11) is 3.72. The first kappa shape index (κ1) is 12.6. The molecule has 1 atom stereocenters. The third-order valence-electron chi connectivity index (χ3n) is 2.35. The van der Waals surface area contributed by atoms with Gasteiger partial charge in [-0.1, -0.05) is 0 Å². The zero-order valence-corrected chi connectivity index (χ0v) is 10.6. The summed E-state index contributed by atoms with van der Waals surface area (Å²) in [5, 5.41) is 6.61. The summed E-state index contributed by atoms with van der Waals surface area (Å²) in [6.45, 7) is 2.99. The SMILES string of the molecule is CNC(C)Cc1csc(CCCOC)n1. The Balaban J connectivity index is 2.35. The predicted molar refractivity (Wildman–Crippen MR) is 64.5 cm³/mol. The van der Waals surface area contributed by atoms with Crippen LogP contribution in [0.25, 0.3) is 0 Å². The number of hydrogen-bond donors (Lipinski definition) is 1. The average Bonchev–Trinajstić information content (AvgIpc) is 2.66. The maximum Gasteiger partial charge on any atom is 0.0929 e. The molecule has 1 heterocycles. The molecule has 4 heteroatoms. The number of aromatic nitrogens is 1. The minimum Gasteiger partial charge on any atom is -0.385 e. The summed E-state index contributed by atoms with van der Waals surface area (Å²) in [5.41, 5.74) is 1.20. The number of nitrogens with one attached hydrogen (secondary N) is 1. The fourth-order valence-electron chi connectivity index (χ4n) is 1.34. The summed E-state index contributed by atoms with van der Waals surface area (Å²) in [4.78, 5) is 4.59. The number of likely N-dealkylation sites (N-methyl/N-ethyl adjacent to an activating group) is 1. The molecule has 0 aliphatic carbocycles. The molecule has 0 spiro atoms. The smallest absolute Gasteiger partial charge is 0.0929 e. The second kappa shape index (κ2) is 6.93. The van der Waals surface area contributed by atoms with E-state index in [-0.39, 0.29) is 0 Å². The lowest BCUT2D eigenvalue weighted by Gasteiger charge is -2.06. The van der Waals surface area contributed by atoms with Crippen LogP contribution >= 0.6 is 11.3 Å². The fraction of sp³-hybridized carbons (Fsp3) is 0.727. The van der Waals surface area contributed by atoms with Gasteiger partial charge < -0.3 is 10.1 Å². The number of thiazole rings is 1. The van der Waals surface area contributed by atoms with Gasteiger partial charge in [-0.2, -0.15) is 0 Å². The number of ether oxygens (including phenoxy) is 1. The molecule has 86 valence electrons. The molecule has 15 heavy (non-hydrogen) atoms. The number of methoxy groups -OCH3 is 1. The van der Waals surface area contributed by atoms with Crippen LogP contribution in [0, 0.1) is 0 Å². The van der Waals surface area contributed by atoms with Gasteiger partial charge in [0.2, 0.25) is 0 Å². The molecule has 3 nitrogen and oxygen atoms in total. The lowest BCUT2D eigenvalue weighted by molar-refractivity contribution is 0.195. The van der Waals surface area contributed by atoms with Crippen LogP contribution in [0.2, 0.25) is 0 Å². The molecule has 0 aromatic carbocycles. The first-order valence-corrected chi connectivity index (χ1v) is 6.23. The highest BCUT2D eigenvalue weighted by molar-refractivity contribution is 7.09. The van der Waals surface area contributed by atoms with Gasteiger partial charge in [0.1, 0.15) is 0 Å². The molecule has 1 rings (SSSR count). The van der Waals surface area contributed by atoms with E-state index in [2.05, 4.69) is 22.6 Å². The van der Waals surface area contributed by atoms with E-state index in [0.717, 1.165) is 25.9 Å². The summed E-state index contributed by atoms with van der Waals surface area (Å²) in [6.07, 6.45) is 3.11. The Bertz CT molecular complexity index is 275. The molecule has 1 unspecified atom stereocenters. The van der Waals surface area contributed by atoms with Gasteiger partial charge in [-0.3, -0.25) is 0 Å². The van der Waals surface area contributed by atoms with Crippen molar-refractivity contribution in [3.8, 4) is 0 Å². The molecule has 0 aliphatic heterocycles. The van der Waals surface area contributed by atoms with E-state index in [9.17, 15) is 0 Å². The van der Waals surface area contributed by atoms with E-state index in [4.69, 9.17) is 4.74 Å². The van der Waals surface area contributed by atoms with Gasteiger partial charge in [0.05, 0.1) is 10.7 Å². The average molecular weight is 228 g/mol. The molecule has 1 N–H and O–H groups in total. The van der Waals surface area contributed by atoms with Crippen molar-refractivity contribution in [2.24, 2.45) is 0 Å². The fourth-order valence-corrected chi connectivity index (χ4v) is 2.19. The topological polar surface area (TPSA) is 34.1 Å². The minimum atomic E-state index is 0.499. The van der Waals surface area contributed by atoms with Gasteiger partial charge in [-0.05, 0) is 20.4 Å². The number of rotatable bonds is 7. The molecule has 0 saturated carbocycles. The second-order valence-corrected chi connectivity index (χ2v) is 4.67. The van der Waals surface area contributed by atoms with Crippen LogP contribution in [0.5, 0.6) is 0 Å². The van der Waals surface area contributed by atoms with Crippen LogP contribution in [0.3, 0.4) is 0 Å². The van der Waals surface area contributed by atoms with Gasteiger partial charge in [-0.25, -0.2) is 4.98 Å². The number of hydrogen-bond acceptors (Lipinski definition) is 4. The van der Waals surface area contributed by atoms with Gasteiger partial charge >= 0.3 is 0 Å². The quantitative estimate of drug-likeness (QED) is 0.723. The Hall–Kier alpha value is -0.450. The maximum atomic E-state index is 5.02. The van der Waals surface area contributed by atoms with Crippen molar-refractivity contribution in [2.45, 2.75) is 32.2 Å². The van der Waals surface area contributed by atoms with Crippen LogP contribution in [0.4, 0.5) is 0 Å². The van der Waals surface area contributed by atoms with Crippen molar-refractivity contribution in [3.05, 3.63) is 16.1 Å². The van der Waals surface area contributed by atoms with Crippen LogP contribution < -0.4 is 5.32 Å². The van der Waals surface area contributed by atoms with Gasteiger partial charge in [0.25, 0.3) is 0 Å². The van der Waals surface area contributed by atoms with Crippen molar-refractivity contribution in [2.75, 3.05) is 20.8 Å². The molecule has 0 radical (unpaired) electrons. The van der Waals surface area contributed by atoms with Crippen molar-refractivity contribution in [1.82, 2.24) is 10.3 Å². The third kappa shape index (κ3) is 4.73. The molecule has 0 saturated heterocycles. The highest BCUT2D eigenvalue weighted by Crippen LogP contribution is 2.13. The zero-order chi connectivity index (χ0) is 11.1. The van der Waals surface area contributed by atoms with Crippen molar-refractivity contribution in [3.63, 3.8) is 0 Å². The van der Waals surface area contributed by atoms with E-state index >= 15 is 0 Å². The standard InChI is InChI=1S/C11H20N2OS/c1-9(12-2)7-10-8-15-11(13-10)5-4-6-14-3/h8-9,12H,4-7H2,1-3H3. The predicted octanol–water partition coefficient (Wildman–Crippen LogP) is 1.87. The summed E-state index contributed by atoms with van der Waals surface area (Å²) >= 11 is 1.76. The molecule has 0 bridgehead atoms. The van der Waals surface area contributed by atoms with Crippen molar-refractivity contribution in [1.29, 1.82) is 0 Å². The lowest BCUT2D eigenvalue weighted by Crippen LogP contribution is -2.23. The molecular formula is C11H20N2OS. The summed E-state index contributed by atoms with van der Waals surface area (Å²) in [5.74, 6) is 0.